The molecular formula is C41H42O. The Morgan fingerprint density at radius 2 is 0.905 bits per heavy atom. The first-order valence-electron chi connectivity index (χ1n) is 15.4. The van der Waals surface area contributed by atoms with Crippen molar-refractivity contribution in [1.29, 1.82) is 0 Å². The number of furan rings is 1. The summed E-state index contributed by atoms with van der Waals surface area (Å²) in [6.45, 7) is 28.1. The smallest absolute Gasteiger partial charge is 0.134 e. The highest BCUT2D eigenvalue weighted by molar-refractivity contribution is 6.01. The second-order valence-corrected chi connectivity index (χ2v) is 13.3. The molecule has 1 spiro atoms. The molecule has 2 aliphatic carbocycles. The quantitative estimate of drug-likeness (QED) is 0.187. The van der Waals surface area contributed by atoms with Gasteiger partial charge in [0.05, 0.1) is 11.7 Å². The summed E-state index contributed by atoms with van der Waals surface area (Å²) in [5.74, 6) is 0. The first-order chi connectivity index (χ1) is 19.8. The highest BCUT2D eigenvalue weighted by Gasteiger charge is 2.48. The maximum absolute atomic E-state index is 6.08. The number of allylic oxidation sites excluding steroid dienone is 1. The predicted molar refractivity (Wildman–Crippen MR) is 179 cm³/mol. The molecule has 5 aromatic rings. The van der Waals surface area contributed by atoms with E-state index >= 15 is 0 Å². The fraction of sp³-hybridized carbons (Fsp3) is 0.317. The van der Waals surface area contributed by atoms with Crippen LogP contribution in [0.4, 0.5) is 0 Å². The maximum atomic E-state index is 6.08. The Morgan fingerprint density at radius 3 is 1.38 bits per heavy atom. The van der Waals surface area contributed by atoms with E-state index in [0.717, 1.165) is 11.0 Å². The summed E-state index contributed by atoms with van der Waals surface area (Å²) >= 11 is 0. The zero-order valence-corrected chi connectivity index (χ0v) is 27.4. The van der Waals surface area contributed by atoms with Crippen LogP contribution >= 0.6 is 0 Å². The SMILES string of the molecule is Cc1c(C)c(C)c2c(c1C)-c1c(C)c(C)c(C)c(C)c1C1(C=Cc3cc4ccoc4cc31)c1c(C)c(C)c(C)c(C)c1-2. The van der Waals surface area contributed by atoms with Crippen molar-refractivity contribution >= 4 is 17.0 Å². The number of benzene rings is 4. The van der Waals surface area contributed by atoms with E-state index in [9.17, 15) is 0 Å². The minimum atomic E-state index is -0.443. The minimum Gasteiger partial charge on any atom is -0.464 e. The topological polar surface area (TPSA) is 13.1 Å². The van der Waals surface area contributed by atoms with Crippen LogP contribution in [0.1, 0.15) is 89.0 Å². The van der Waals surface area contributed by atoms with Gasteiger partial charge in [0.25, 0.3) is 0 Å². The van der Waals surface area contributed by atoms with E-state index in [1.165, 1.54) is 111 Å². The van der Waals surface area contributed by atoms with Crippen molar-refractivity contribution in [2.24, 2.45) is 0 Å². The van der Waals surface area contributed by atoms with Crippen molar-refractivity contribution in [2.75, 3.05) is 0 Å². The molecule has 1 aromatic heterocycles. The number of hydrogen-bond acceptors (Lipinski definition) is 1. The molecule has 42 heavy (non-hydrogen) atoms. The Bertz CT molecular complexity index is 1990. The summed E-state index contributed by atoms with van der Waals surface area (Å²) in [5, 5.41) is 1.16. The molecule has 7 rings (SSSR count). The van der Waals surface area contributed by atoms with Crippen LogP contribution in [0.2, 0.25) is 0 Å². The Kier molecular flexibility index (Phi) is 5.53. The van der Waals surface area contributed by atoms with E-state index in [1.54, 1.807) is 0 Å². The van der Waals surface area contributed by atoms with Gasteiger partial charge >= 0.3 is 0 Å². The third-order valence-corrected chi connectivity index (χ3v) is 11.9. The lowest BCUT2D eigenvalue weighted by molar-refractivity contribution is 0.614. The zero-order valence-electron chi connectivity index (χ0n) is 27.4. The van der Waals surface area contributed by atoms with Crippen LogP contribution in [0, 0.1) is 83.1 Å². The van der Waals surface area contributed by atoms with E-state index < -0.39 is 5.41 Å². The number of fused-ring (bicyclic) bond motifs is 10. The third-order valence-electron chi connectivity index (χ3n) is 11.9. The molecule has 0 atom stereocenters. The van der Waals surface area contributed by atoms with Gasteiger partial charge in [-0.1, -0.05) is 12.2 Å². The Balaban J connectivity index is 1.88. The van der Waals surface area contributed by atoms with Crippen LogP contribution < -0.4 is 0 Å². The van der Waals surface area contributed by atoms with Gasteiger partial charge < -0.3 is 4.42 Å². The average Bonchev–Trinajstić information content (AvgIpc) is 3.56. The van der Waals surface area contributed by atoms with Gasteiger partial charge in [-0.3, -0.25) is 0 Å². The molecule has 0 radical (unpaired) electrons. The molecule has 0 saturated heterocycles. The predicted octanol–water partition coefficient (Wildman–Crippen LogP) is 11.1. The molecule has 0 unspecified atom stereocenters. The summed E-state index contributed by atoms with van der Waals surface area (Å²) in [5.41, 5.74) is 28.6. The van der Waals surface area contributed by atoms with Crippen molar-refractivity contribution in [3.63, 3.8) is 0 Å². The largest absolute Gasteiger partial charge is 0.464 e. The van der Waals surface area contributed by atoms with Crippen molar-refractivity contribution in [1.82, 2.24) is 0 Å². The molecule has 0 fully saturated rings. The lowest BCUT2D eigenvalue weighted by Gasteiger charge is -2.38. The molecule has 212 valence electrons. The second kappa shape index (κ2) is 8.60. The van der Waals surface area contributed by atoms with Gasteiger partial charge in [-0.25, -0.2) is 0 Å². The van der Waals surface area contributed by atoms with Gasteiger partial charge in [0.15, 0.2) is 0 Å². The van der Waals surface area contributed by atoms with E-state index in [4.69, 9.17) is 4.42 Å². The van der Waals surface area contributed by atoms with Gasteiger partial charge in [-0.15, -0.1) is 0 Å². The van der Waals surface area contributed by atoms with Crippen molar-refractivity contribution < 1.29 is 4.42 Å². The van der Waals surface area contributed by atoms with E-state index in [2.05, 4.69) is 113 Å². The molecule has 0 amide bonds. The first kappa shape index (κ1) is 27.0. The summed E-state index contributed by atoms with van der Waals surface area (Å²) in [6.07, 6.45) is 6.74. The van der Waals surface area contributed by atoms with Gasteiger partial charge in [-0.2, -0.15) is 0 Å². The molecule has 4 aromatic carbocycles. The molecule has 1 heterocycles. The second-order valence-electron chi connectivity index (χ2n) is 13.3. The molecule has 1 nitrogen and oxygen atoms in total. The average molecular weight is 551 g/mol. The van der Waals surface area contributed by atoms with Gasteiger partial charge in [0.1, 0.15) is 5.58 Å². The van der Waals surface area contributed by atoms with Crippen molar-refractivity contribution in [3.8, 4) is 22.3 Å². The fourth-order valence-electron chi connectivity index (χ4n) is 8.55. The molecule has 0 aliphatic heterocycles. The highest BCUT2D eigenvalue weighted by atomic mass is 16.3. The lowest BCUT2D eigenvalue weighted by atomic mass is 9.64. The molecule has 1 heteroatoms. The van der Waals surface area contributed by atoms with Crippen LogP contribution in [0.15, 0.2) is 35.0 Å². The minimum absolute atomic E-state index is 0.443. The first-order valence-corrected chi connectivity index (χ1v) is 15.4. The third kappa shape index (κ3) is 3.00. The molecular weight excluding hydrogens is 508 g/mol. The molecule has 2 aliphatic rings. The van der Waals surface area contributed by atoms with Crippen molar-refractivity contribution in [3.05, 3.63) is 120 Å². The van der Waals surface area contributed by atoms with Crippen LogP contribution in [0.3, 0.4) is 0 Å². The maximum Gasteiger partial charge on any atom is 0.134 e. The Labute approximate surface area is 251 Å². The van der Waals surface area contributed by atoms with E-state index in [-0.39, 0.29) is 0 Å². The van der Waals surface area contributed by atoms with E-state index in [1.807, 2.05) is 6.26 Å². The summed E-state index contributed by atoms with van der Waals surface area (Å²) in [6, 6.07) is 6.76. The van der Waals surface area contributed by atoms with Crippen LogP contribution in [0.25, 0.3) is 39.3 Å². The summed E-state index contributed by atoms with van der Waals surface area (Å²) in [7, 11) is 0. The molecule has 0 N–H and O–H groups in total. The highest BCUT2D eigenvalue weighted by Crippen LogP contribution is 2.61. The summed E-state index contributed by atoms with van der Waals surface area (Å²) in [4.78, 5) is 0. The lowest BCUT2D eigenvalue weighted by Crippen LogP contribution is -2.30. The van der Waals surface area contributed by atoms with E-state index in [0.29, 0.717) is 0 Å². The van der Waals surface area contributed by atoms with Crippen LogP contribution in [-0.2, 0) is 5.41 Å². The standard InChI is InChI=1S/C41H42O/c1-19-20(2)26(8)36-35(25(19)7)37-27(9)21(3)23(5)29(11)39(37)41(40-30(12)24(6)22(4)28(10)38(36)40)15-13-31-17-32-14-16-42-34(32)18-33(31)41/h13-18H,1-12H3. The fourth-order valence-corrected chi connectivity index (χ4v) is 8.55. The Hall–Kier alpha value is -3.84. The van der Waals surface area contributed by atoms with Gasteiger partial charge in [-0.05, 0) is 213 Å². The zero-order chi connectivity index (χ0) is 30.2. The normalized spacial score (nSPS) is 14.3. The molecule has 0 bridgehead atoms. The van der Waals surface area contributed by atoms with Crippen molar-refractivity contribution in [2.45, 2.75) is 88.5 Å². The number of rotatable bonds is 0. The monoisotopic (exact) mass is 550 g/mol. The Morgan fingerprint density at radius 1 is 0.476 bits per heavy atom. The van der Waals surface area contributed by atoms with Crippen LogP contribution in [0.5, 0.6) is 0 Å². The molecule has 0 saturated carbocycles. The van der Waals surface area contributed by atoms with Crippen LogP contribution in [-0.4, -0.2) is 0 Å². The summed E-state index contributed by atoms with van der Waals surface area (Å²) < 4.78 is 6.08. The van der Waals surface area contributed by atoms with Gasteiger partial charge in [0.2, 0.25) is 0 Å². The number of hydrogen-bond donors (Lipinski definition) is 0. The van der Waals surface area contributed by atoms with Gasteiger partial charge in [0, 0.05) is 5.39 Å².